The van der Waals surface area contributed by atoms with Gasteiger partial charge in [0.1, 0.15) is 0 Å². The van der Waals surface area contributed by atoms with Gasteiger partial charge in [0.25, 0.3) is 0 Å². The van der Waals surface area contributed by atoms with E-state index >= 15 is 0 Å². The van der Waals surface area contributed by atoms with Crippen molar-refractivity contribution in [3.63, 3.8) is 0 Å². The summed E-state index contributed by atoms with van der Waals surface area (Å²) in [6.45, 7) is 6.89. The average molecular weight is 188 g/mol. The van der Waals surface area contributed by atoms with Gasteiger partial charge in [0, 0.05) is 13.0 Å². The van der Waals surface area contributed by atoms with Gasteiger partial charge in [0.05, 0.1) is 12.7 Å². The third kappa shape index (κ3) is 2.22. The monoisotopic (exact) mass is 188 g/mol. The molecule has 0 aromatic carbocycles. The average Bonchev–Trinajstić information content (AvgIpc) is 2.11. The van der Waals surface area contributed by atoms with Gasteiger partial charge in [-0.3, -0.25) is 0 Å². The first kappa shape index (κ1) is 11.0. The Hall–Kier alpha value is -0.120. The first-order valence-corrected chi connectivity index (χ1v) is 4.90. The number of ether oxygens (including phenoxy) is 2. The minimum atomic E-state index is -0.633. The molecule has 0 amide bonds. The van der Waals surface area contributed by atoms with Gasteiger partial charge >= 0.3 is 0 Å². The first-order valence-electron chi connectivity index (χ1n) is 4.90. The summed E-state index contributed by atoms with van der Waals surface area (Å²) in [7, 11) is 1.66. The van der Waals surface area contributed by atoms with Gasteiger partial charge in [-0.1, -0.05) is 20.8 Å². The number of hydrogen-bond acceptors (Lipinski definition) is 3. The van der Waals surface area contributed by atoms with Crippen molar-refractivity contribution in [2.45, 2.75) is 33.2 Å². The molecule has 1 aliphatic rings. The summed E-state index contributed by atoms with van der Waals surface area (Å²) >= 11 is 0. The lowest BCUT2D eigenvalue weighted by atomic mass is 9.79. The quantitative estimate of drug-likeness (QED) is 0.709. The van der Waals surface area contributed by atoms with E-state index < -0.39 is 6.29 Å². The second-order valence-electron chi connectivity index (χ2n) is 4.10. The molecule has 0 radical (unpaired) electrons. The lowest BCUT2D eigenvalue weighted by molar-refractivity contribution is -0.233. The van der Waals surface area contributed by atoms with Gasteiger partial charge in [-0.25, -0.2) is 0 Å². The Bertz CT molecular complexity index is 160. The fourth-order valence-electron chi connectivity index (χ4n) is 1.86. The Balaban J connectivity index is 2.59. The van der Waals surface area contributed by atoms with E-state index in [2.05, 4.69) is 13.8 Å². The first-order chi connectivity index (χ1) is 6.07. The van der Waals surface area contributed by atoms with Crippen LogP contribution in [-0.2, 0) is 9.47 Å². The summed E-state index contributed by atoms with van der Waals surface area (Å²) in [6.07, 6.45) is -0.599. The van der Waals surface area contributed by atoms with Crippen LogP contribution in [0.25, 0.3) is 0 Å². The lowest BCUT2D eigenvalue weighted by Gasteiger charge is -2.41. The molecule has 1 saturated heterocycles. The van der Waals surface area contributed by atoms with Crippen molar-refractivity contribution in [3.05, 3.63) is 0 Å². The minimum Gasteiger partial charge on any atom is -0.382 e. The van der Waals surface area contributed by atoms with Crippen LogP contribution in [0.15, 0.2) is 0 Å². The molecule has 1 aliphatic heterocycles. The van der Waals surface area contributed by atoms with E-state index in [1.807, 2.05) is 6.92 Å². The molecule has 13 heavy (non-hydrogen) atoms. The van der Waals surface area contributed by atoms with Crippen LogP contribution >= 0.6 is 0 Å². The van der Waals surface area contributed by atoms with E-state index in [-0.39, 0.29) is 12.0 Å². The van der Waals surface area contributed by atoms with Crippen LogP contribution in [0.4, 0.5) is 0 Å². The zero-order valence-corrected chi connectivity index (χ0v) is 8.86. The van der Waals surface area contributed by atoms with Crippen molar-refractivity contribution in [2.24, 2.45) is 17.8 Å². The van der Waals surface area contributed by atoms with E-state index in [0.717, 1.165) is 0 Å². The Labute approximate surface area is 80.0 Å². The lowest BCUT2D eigenvalue weighted by Crippen LogP contribution is -2.46. The maximum absolute atomic E-state index is 9.59. The highest BCUT2D eigenvalue weighted by atomic mass is 16.6. The third-order valence-corrected chi connectivity index (χ3v) is 3.34. The molecule has 1 fully saturated rings. The Morgan fingerprint density at radius 2 is 1.77 bits per heavy atom. The predicted molar refractivity (Wildman–Crippen MR) is 50.2 cm³/mol. The van der Waals surface area contributed by atoms with Gasteiger partial charge in [-0.2, -0.15) is 0 Å². The smallest absolute Gasteiger partial charge is 0.157 e. The molecule has 1 N–H and O–H groups in total. The van der Waals surface area contributed by atoms with Crippen molar-refractivity contribution in [1.29, 1.82) is 0 Å². The van der Waals surface area contributed by atoms with Crippen LogP contribution in [0.3, 0.4) is 0 Å². The molecule has 0 bridgehead atoms. The van der Waals surface area contributed by atoms with Crippen LogP contribution in [0.2, 0.25) is 0 Å². The van der Waals surface area contributed by atoms with Crippen molar-refractivity contribution in [2.75, 3.05) is 13.7 Å². The van der Waals surface area contributed by atoms with E-state index in [9.17, 15) is 5.11 Å². The molecule has 5 unspecified atom stereocenters. The number of aliphatic hydroxyl groups is 1. The highest BCUT2D eigenvalue weighted by Gasteiger charge is 2.37. The molecule has 1 rings (SSSR count). The van der Waals surface area contributed by atoms with Crippen molar-refractivity contribution < 1.29 is 14.6 Å². The number of aliphatic hydroxyl groups excluding tert-OH is 1. The zero-order chi connectivity index (χ0) is 10.0. The number of hydrogen-bond donors (Lipinski definition) is 1. The summed E-state index contributed by atoms with van der Waals surface area (Å²) in [4.78, 5) is 0. The number of methoxy groups -OCH3 is 1. The second kappa shape index (κ2) is 4.40. The van der Waals surface area contributed by atoms with Crippen molar-refractivity contribution >= 4 is 0 Å². The normalized spacial score (nSPS) is 46.4. The fourth-order valence-corrected chi connectivity index (χ4v) is 1.86. The molecule has 0 aliphatic carbocycles. The largest absolute Gasteiger partial charge is 0.382 e. The summed E-state index contributed by atoms with van der Waals surface area (Å²) < 4.78 is 10.5. The SMILES string of the molecule is COCC1OC(O)C(C)C(C)C1C. The van der Waals surface area contributed by atoms with Gasteiger partial charge in [0.2, 0.25) is 0 Å². The van der Waals surface area contributed by atoms with E-state index in [1.54, 1.807) is 7.11 Å². The number of rotatable bonds is 2. The summed E-state index contributed by atoms with van der Waals surface area (Å²) in [5.41, 5.74) is 0. The highest BCUT2D eigenvalue weighted by Crippen LogP contribution is 2.33. The zero-order valence-electron chi connectivity index (χ0n) is 8.86. The summed E-state index contributed by atoms with van der Waals surface area (Å²) in [5, 5.41) is 9.59. The van der Waals surface area contributed by atoms with Gasteiger partial charge in [0.15, 0.2) is 6.29 Å². The maximum Gasteiger partial charge on any atom is 0.157 e. The standard InChI is InChI=1S/C10H20O3/c1-6-7(2)9(5-12-4)13-10(11)8(6)3/h6-11H,5H2,1-4H3. The molecule has 5 atom stereocenters. The van der Waals surface area contributed by atoms with Gasteiger partial charge in [-0.15, -0.1) is 0 Å². The Kier molecular flexibility index (Phi) is 3.71. The summed E-state index contributed by atoms with van der Waals surface area (Å²) in [6, 6.07) is 0. The third-order valence-electron chi connectivity index (χ3n) is 3.34. The highest BCUT2D eigenvalue weighted by molar-refractivity contribution is 4.81. The van der Waals surface area contributed by atoms with Crippen LogP contribution in [-0.4, -0.2) is 31.2 Å². The molecule has 0 saturated carbocycles. The molecule has 3 heteroatoms. The molecule has 1 heterocycles. The molecule has 3 nitrogen and oxygen atoms in total. The van der Waals surface area contributed by atoms with Crippen LogP contribution in [0.1, 0.15) is 20.8 Å². The molecule has 0 spiro atoms. The predicted octanol–water partition coefficient (Wildman–Crippen LogP) is 1.26. The molecule has 78 valence electrons. The van der Waals surface area contributed by atoms with Crippen molar-refractivity contribution in [1.82, 2.24) is 0 Å². The van der Waals surface area contributed by atoms with Gasteiger partial charge in [-0.05, 0) is 11.8 Å². The van der Waals surface area contributed by atoms with Crippen LogP contribution in [0.5, 0.6) is 0 Å². The molecule has 0 aromatic heterocycles. The maximum atomic E-state index is 9.59. The topological polar surface area (TPSA) is 38.7 Å². The van der Waals surface area contributed by atoms with Crippen LogP contribution < -0.4 is 0 Å². The molecular formula is C10H20O3. The molecule has 0 aromatic rings. The van der Waals surface area contributed by atoms with E-state index in [4.69, 9.17) is 9.47 Å². The second-order valence-corrected chi connectivity index (χ2v) is 4.10. The summed E-state index contributed by atoms with van der Waals surface area (Å²) in [5.74, 6) is 1.13. The molecular weight excluding hydrogens is 168 g/mol. The minimum absolute atomic E-state index is 0.0335. The Morgan fingerprint density at radius 3 is 2.31 bits per heavy atom. The fraction of sp³-hybridized carbons (Fsp3) is 1.00. The van der Waals surface area contributed by atoms with E-state index in [1.165, 1.54) is 0 Å². The van der Waals surface area contributed by atoms with Gasteiger partial charge < -0.3 is 14.6 Å². The van der Waals surface area contributed by atoms with Crippen LogP contribution in [0, 0.1) is 17.8 Å². The Morgan fingerprint density at radius 1 is 1.15 bits per heavy atom. The van der Waals surface area contributed by atoms with E-state index in [0.29, 0.717) is 18.4 Å². The van der Waals surface area contributed by atoms with Crippen molar-refractivity contribution in [3.8, 4) is 0 Å².